The molecule has 0 heterocycles. The lowest BCUT2D eigenvalue weighted by Crippen LogP contribution is -2.57. The molecule has 0 aromatic rings. The molecule has 252 valence electrons. The van der Waals surface area contributed by atoms with Gasteiger partial charge in [0.1, 0.15) is 25.0 Å². The molecule has 0 aromatic carbocycles. The third-order valence-corrected chi connectivity index (χ3v) is 15.1. The molecule has 0 unspecified atom stereocenters. The van der Waals surface area contributed by atoms with Gasteiger partial charge < -0.3 is 31.0 Å². The van der Waals surface area contributed by atoms with Crippen LogP contribution in [0.4, 0.5) is 0 Å². The van der Waals surface area contributed by atoms with Crippen LogP contribution in [0, 0.1) is 0 Å². The Morgan fingerprint density at radius 2 is 1.05 bits per heavy atom. The molecule has 0 fully saturated rings. The highest BCUT2D eigenvalue weighted by Gasteiger charge is 2.45. The fourth-order valence-corrected chi connectivity index (χ4v) is 14.0. The first-order valence-electron chi connectivity index (χ1n) is 14.8. The lowest BCUT2D eigenvalue weighted by atomic mass is 10.0. The molecular weight excluding hydrogens is 658 g/mol. The van der Waals surface area contributed by atoms with E-state index in [1.807, 2.05) is 39.3 Å². The maximum Gasteiger partial charge on any atom is 0.455 e. The highest BCUT2D eigenvalue weighted by Crippen LogP contribution is 2.54. The maximum atomic E-state index is 14.1. The molecule has 10 nitrogen and oxygen atoms in total. The van der Waals surface area contributed by atoms with Gasteiger partial charge in [0, 0.05) is 0 Å². The quantitative estimate of drug-likeness (QED) is 0.0531. The summed E-state index contributed by atoms with van der Waals surface area (Å²) in [5.41, 5.74) is 0.592. The minimum atomic E-state index is -3.91. The van der Waals surface area contributed by atoms with Gasteiger partial charge >= 0.3 is 7.82 Å². The molecule has 0 radical (unpaired) electrons. The van der Waals surface area contributed by atoms with Crippen molar-refractivity contribution >= 4 is 63.4 Å². The van der Waals surface area contributed by atoms with Gasteiger partial charge in [0.05, 0.1) is 19.3 Å². The second-order valence-corrected chi connectivity index (χ2v) is 45.4. The van der Waals surface area contributed by atoms with Crippen LogP contribution in [0.3, 0.4) is 0 Å². The highest BCUT2D eigenvalue weighted by atomic mass is 31.2. The number of hydrogen-bond donors (Lipinski definition) is 0. The molecule has 0 saturated carbocycles. The van der Waals surface area contributed by atoms with E-state index >= 15 is 0 Å². The minimum Gasteiger partial charge on any atom is -0.412 e. The number of nitrogens with zero attached hydrogens (tertiary/aromatic N) is 1. The molecule has 0 aliphatic carbocycles. The molecule has 0 N–H and O–H groups in total. The van der Waals surface area contributed by atoms with Gasteiger partial charge in [0.2, 0.25) is 0 Å². The smallest absolute Gasteiger partial charge is 0.412 e. The van der Waals surface area contributed by atoms with Gasteiger partial charge in [0.15, 0.2) is 49.9 Å². The molecule has 0 aliphatic rings. The van der Waals surface area contributed by atoms with E-state index < -0.39 is 76.0 Å². The van der Waals surface area contributed by atoms with Crippen LogP contribution >= 0.6 is 7.82 Å². The predicted octanol–water partition coefficient (Wildman–Crippen LogP) is 8.33. The Hall–Kier alpha value is 0.721. The zero-order valence-corrected chi connectivity index (χ0v) is 37.1. The summed E-state index contributed by atoms with van der Waals surface area (Å²) in [6.45, 7) is 37.4. The van der Waals surface area contributed by atoms with Crippen LogP contribution in [0.25, 0.3) is 0 Å². The van der Waals surface area contributed by atoms with Gasteiger partial charge in [-0.15, -0.1) is 0 Å². The molecule has 0 bridgehead atoms. The first-order valence-corrected chi connectivity index (χ1v) is 36.7. The van der Waals surface area contributed by atoms with Crippen molar-refractivity contribution in [1.29, 1.82) is 0 Å². The summed E-state index contributed by atoms with van der Waals surface area (Å²) in [4.78, 5) is 5.33. The zero-order chi connectivity index (χ0) is 33.6. The fraction of sp³-hybridized carbons (Fsp3) is 0.960. The molecule has 42 heavy (non-hydrogen) atoms. The molecule has 0 saturated heterocycles. The second kappa shape index (κ2) is 16.0. The van der Waals surface area contributed by atoms with Crippen LogP contribution in [0.5, 0.6) is 0 Å². The van der Waals surface area contributed by atoms with E-state index in [0.29, 0.717) is 5.71 Å². The van der Waals surface area contributed by atoms with E-state index in [2.05, 4.69) is 83.7 Å². The average molecular weight is 722 g/mol. The SMILES string of the molecule is CO/N=C(\CO[Si](C)(C)C)[C@@H](O[Si](C)(C)C)[C@H](O[Si](C)(C)C)[C@@H](COP(=O)(O[Si](C)(C)C)O[Si](C)(C)C)O[Si](C)(C)C. The second-order valence-electron chi connectivity index (χ2n) is 16.4. The van der Waals surface area contributed by atoms with Crippen LogP contribution in [0.2, 0.25) is 118 Å². The first-order chi connectivity index (χ1) is 18.3. The monoisotopic (exact) mass is 721 g/mol. The predicted molar refractivity (Wildman–Crippen MR) is 191 cm³/mol. The largest absolute Gasteiger partial charge is 0.455 e. The third kappa shape index (κ3) is 21.5. The van der Waals surface area contributed by atoms with Crippen molar-refractivity contribution in [2.24, 2.45) is 5.16 Å². The Bertz CT molecular complexity index is 881. The van der Waals surface area contributed by atoms with E-state index in [9.17, 15) is 4.57 Å². The van der Waals surface area contributed by atoms with Crippen molar-refractivity contribution in [3.8, 4) is 0 Å². The Kier molecular flexibility index (Phi) is 16.3. The third-order valence-electron chi connectivity index (χ3n) is 4.50. The molecule has 0 amide bonds. The number of hydrogen-bond acceptors (Lipinski definition) is 10. The van der Waals surface area contributed by atoms with Crippen LogP contribution in [0.1, 0.15) is 0 Å². The van der Waals surface area contributed by atoms with Crippen LogP contribution in [-0.2, 0) is 40.1 Å². The lowest BCUT2D eigenvalue weighted by Gasteiger charge is -2.42. The maximum absolute atomic E-state index is 14.1. The summed E-state index contributed by atoms with van der Waals surface area (Å²) in [5, 5.41) is 4.42. The van der Waals surface area contributed by atoms with Gasteiger partial charge in [-0.1, -0.05) is 5.16 Å². The minimum absolute atomic E-state index is 0.0631. The van der Waals surface area contributed by atoms with Crippen molar-refractivity contribution in [3.05, 3.63) is 0 Å². The van der Waals surface area contributed by atoms with Crippen LogP contribution < -0.4 is 0 Å². The fourth-order valence-electron chi connectivity index (χ4n) is 3.57. The molecule has 0 aliphatic heterocycles. The molecular formula is C25H64NO9PSi6. The summed E-state index contributed by atoms with van der Waals surface area (Å²) in [7, 11) is -15.5. The molecule has 0 spiro atoms. The molecule has 17 heteroatoms. The van der Waals surface area contributed by atoms with Gasteiger partial charge in [-0.05, 0) is 118 Å². The van der Waals surface area contributed by atoms with Crippen molar-refractivity contribution in [2.45, 2.75) is 136 Å². The van der Waals surface area contributed by atoms with Gasteiger partial charge in [-0.25, -0.2) is 4.57 Å². The summed E-state index contributed by atoms with van der Waals surface area (Å²) in [6.07, 6.45) is -1.93. The highest BCUT2D eigenvalue weighted by molar-refractivity contribution is 7.52. The van der Waals surface area contributed by atoms with Crippen molar-refractivity contribution in [3.63, 3.8) is 0 Å². The zero-order valence-electron chi connectivity index (χ0n) is 30.2. The average Bonchev–Trinajstić information content (AvgIpc) is 2.65. The summed E-state index contributed by atoms with van der Waals surface area (Å²) in [6, 6.07) is 0. The number of rotatable bonds is 20. The van der Waals surface area contributed by atoms with E-state index in [1.165, 1.54) is 7.11 Å². The van der Waals surface area contributed by atoms with E-state index in [0.717, 1.165) is 0 Å². The molecule has 3 atom stereocenters. The number of phosphoric acid groups is 1. The van der Waals surface area contributed by atoms with Gasteiger partial charge in [-0.2, -0.15) is 0 Å². The first kappa shape index (κ1) is 42.7. The Balaban J connectivity index is 7.05. The van der Waals surface area contributed by atoms with Crippen LogP contribution in [-0.4, -0.2) is 94.3 Å². The van der Waals surface area contributed by atoms with E-state index in [-0.39, 0.29) is 13.2 Å². The molecule has 0 aromatic heterocycles. The van der Waals surface area contributed by atoms with Crippen LogP contribution in [0.15, 0.2) is 5.16 Å². The summed E-state index contributed by atoms with van der Waals surface area (Å²) >= 11 is 0. The topological polar surface area (TPSA) is 103 Å². The van der Waals surface area contributed by atoms with Crippen molar-refractivity contribution in [2.75, 3.05) is 20.3 Å². The Morgan fingerprint density at radius 3 is 1.38 bits per heavy atom. The van der Waals surface area contributed by atoms with E-state index in [4.69, 9.17) is 35.5 Å². The Morgan fingerprint density at radius 1 is 0.619 bits per heavy atom. The van der Waals surface area contributed by atoms with E-state index in [1.54, 1.807) is 0 Å². The van der Waals surface area contributed by atoms with Crippen molar-refractivity contribution < 1.29 is 40.1 Å². The molecule has 0 rings (SSSR count). The normalized spacial score (nSPS) is 17.3. The van der Waals surface area contributed by atoms with Gasteiger partial charge in [-0.3, -0.25) is 4.52 Å². The standard InChI is InChI=1S/C25H64NO9PSi6/c1-28-26-22(20-30-37(2,3)4)24(32-39(8,9)10)25(33-40(11,12)13)23(31-38(5,6)7)21-29-36(27,34-41(14,15)16)35-42(17,18)19/h23-25H,20-21H2,1-19H3/b26-22+/t23-,24-,25-/m1/s1. The van der Waals surface area contributed by atoms with Crippen molar-refractivity contribution in [1.82, 2.24) is 0 Å². The lowest BCUT2D eigenvalue weighted by molar-refractivity contribution is -0.0328. The van der Waals surface area contributed by atoms with Gasteiger partial charge in [0.25, 0.3) is 0 Å². The summed E-state index contributed by atoms with van der Waals surface area (Å²) in [5.74, 6) is 0. The Labute approximate surface area is 264 Å². The summed E-state index contributed by atoms with van der Waals surface area (Å²) < 4.78 is 59.3. The number of oxime groups is 1.